The van der Waals surface area contributed by atoms with Gasteiger partial charge in [-0.05, 0) is 29.7 Å². The van der Waals surface area contributed by atoms with Crippen molar-refractivity contribution in [3.63, 3.8) is 0 Å². The van der Waals surface area contributed by atoms with Crippen LogP contribution in [0.5, 0.6) is 0 Å². The number of aryl methyl sites for hydroxylation is 1. The number of nitrogens with zero attached hydrogens (tertiary/aromatic N) is 2. The second-order valence-electron chi connectivity index (χ2n) is 4.98. The lowest BCUT2D eigenvalue weighted by atomic mass is 10.1. The van der Waals surface area contributed by atoms with E-state index in [4.69, 9.17) is 10.3 Å². The molecule has 0 spiro atoms. The summed E-state index contributed by atoms with van der Waals surface area (Å²) in [6.07, 6.45) is 1.63. The SMILES string of the molecule is CCc1ccc(-c2noc(Cc3ccc(N)cc3)n2)cc1. The van der Waals surface area contributed by atoms with Gasteiger partial charge in [-0.25, -0.2) is 0 Å². The summed E-state index contributed by atoms with van der Waals surface area (Å²) in [4.78, 5) is 4.44. The molecule has 0 saturated heterocycles. The van der Waals surface area contributed by atoms with E-state index < -0.39 is 0 Å². The van der Waals surface area contributed by atoms with Crippen LogP contribution in [0, 0.1) is 0 Å². The predicted octanol–water partition coefficient (Wildman–Crippen LogP) is 3.47. The molecule has 21 heavy (non-hydrogen) atoms. The largest absolute Gasteiger partial charge is 0.399 e. The average molecular weight is 279 g/mol. The minimum Gasteiger partial charge on any atom is -0.399 e. The van der Waals surface area contributed by atoms with Crippen molar-refractivity contribution in [1.82, 2.24) is 10.1 Å². The van der Waals surface area contributed by atoms with Crippen LogP contribution in [0.4, 0.5) is 5.69 Å². The molecule has 0 aliphatic rings. The molecular weight excluding hydrogens is 262 g/mol. The molecule has 0 aliphatic heterocycles. The van der Waals surface area contributed by atoms with Crippen molar-refractivity contribution < 1.29 is 4.52 Å². The fourth-order valence-corrected chi connectivity index (χ4v) is 2.14. The number of nitrogen functional groups attached to an aromatic ring is 1. The Balaban J connectivity index is 1.77. The lowest BCUT2D eigenvalue weighted by Crippen LogP contribution is -1.90. The van der Waals surface area contributed by atoms with Gasteiger partial charge in [0, 0.05) is 11.3 Å². The zero-order valence-corrected chi connectivity index (χ0v) is 11.9. The zero-order valence-electron chi connectivity index (χ0n) is 11.9. The Morgan fingerprint density at radius 3 is 2.29 bits per heavy atom. The molecule has 0 amide bonds. The fraction of sp³-hybridized carbons (Fsp3) is 0.176. The molecule has 0 saturated carbocycles. The van der Waals surface area contributed by atoms with E-state index in [9.17, 15) is 0 Å². The predicted molar refractivity (Wildman–Crippen MR) is 82.8 cm³/mol. The lowest BCUT2D eigenvalue weighted by Gasteiger charge is -1.98. The monoisotopic (exact) mass is 279 g/mol. The van der Waals surface area contributed by atoms with Gasteiger partial charge in [0.15, 0.2) is 0 Å². The highest BCUT2D eigenvalue weighted by Gasteiger charge is 2.09. The van der Waals surface area contributed by atoms with Crippen molar-refractivity contribution >= 4 is 5.69 Å². The van der Waals surface area contributed by atoms with Crippen LogP contribution in [-0.4, -0.2) is 10.1 Å². The minimum absolute atomic E-state index is 0.606. The number of rotatable bonds is 4. The van der Waals surface area contributed by atoms with Gasteiger partial charge >= 0.3 is 0 Å². The van der Waals surface area contributed by atoms with Gasteiger partial charge in [-0.15, -0.1) is 0 Å². The van der Waals surface area contributed by atoms with Gasteiger partial charge < -0.3 is 10.3 Å². The first-order valence-corrected chi connectivity index (χ1v) is 7.01. The smallest absolute Gasteiger partial charge is 0.231 e. The molecule has 0 aliphatic carbocycles. The van der Waals surface area contributed by atoms with Crippen LogP contribution in [0.15, 0.2) is 53.1 Å². The number of anilines is 1. The summed E-state index contributed by atoms with van der Waals surface area (Å²) in [6, 6.07) is 15.9. The summed E-state index contributed by atoms with van der Waals surface area (Å²) in [5.74, 6) is 1.23. The van der Waals surface area contributed by atoms with Gasteiger partial charge in [-0.1, -0.05) is 48.5 Å². The highest BCUT2D eigenvalue weighted by Crippen LogP contribution is 2.18. The standard InChI is InChI=1S/C17H17N3O/c1-2-12-3-7-14(8-4-12)17-19-16(21-20-17)11-13-5-9-15(18)10-6-13/h3-10H,2,11,18H2,1H3. The van der Waals surface area contributed by atoms with Gasteiger partial charge in [0.2, 0.25) is 11.7 Å². The van der Waals surface area contributed by atoms with Gasteiger partial charge in [-0.3, -0.25) is 0 Å². The van der Waals surface area contributed by atoms with Crippen molar-refractivity contribution in [3.8, 4) is 11.4 Å². The van der Waals surface area contributed by atoms with E-state index in [-0.39, 0.29) is 0 Å². The Morgan fingerprint density at radius 2 is 1.62 bits per heavy atom. The maximum Gasteiger partial charge on any atom is 0.231 e. The van der Waals surface area contributed by atoms with E-state index in [2.05, 4.69) is 29.2 Å². The first-order valence-electron chi connectivity index (χ1n) is 7.01. The first kappa shape index (κ1) is 13.4. The average Bonchev–Trinajstić information content (AvgIpc) is 2.98. The number of nitrogens with two attached hydrogens (primary N) is 1. The number of benzene rings is 2. The summed E-state index contributed by atoms with van der Waals surface area (Å²) in [6.45, 7) is 2.13. The Kier molecular flexibility index (Phi) is 3.69. The Labute approximate surface area is 123 Å². The van der Waals surface area contributed by atoms with E-state index in [0.29, 0.717) is 18.1 Å². The zero-order chi connectivity index (χ0) is 14.7. The molecule has 2 N–H and O–H groups in total. The molecule has 0 radical (unpaired) electrons. The number of hydrogen-bond acceptors (Lipinski definition) is 4. The van der Waals surface area contributed by atoms with Crippen LogP contribution < -0.4 is 5.73 Å². The molecular formula is C17H17N3O. The Bertz CT molecular complexity index is 715. The maximum absolute atomic E-state index is 5.67. The lowest BCUT2D eigenvalue weighted by molar-refractivity contribution is 0.385. The van der Waals surface area contributed by atoms with Crippen molar-refractivity contribution in [2.45, 2.75) is 19.8 Å². The van der Waals surface area contributed by atoms with Crippen LogP contribution in [0.25, 0.3) is 11.4 Å². The molecule has 1 aromatic heterocycles. The summed E-state index contributed by atoms with van der Waals surface area (Å²) in [5.41, 5.74) is 9.79. The van der Waals surface area contributed by atoms with E-state index in [1.54, 1.807) is 0 Å². The highest BCUT2D eigenvalue weighted by molar-refractivity contribution is 5.54. The summed E-state index contributed by atoms with van der Waals surface area (Å²) < 4.78 is 5.32. The second kappa shape index (κ2) is 5.79. The molecule has 0 atom stereocenters. The van der Waals surface area contributed by atoms with Crippen molar-refractivity contribution in [2.75, 3.05) is 5.73 Å². The third kappa shape index (κ3) is 3.11. The summed E-state index contributed by atoms with van der Waals surface area (Å²) >= 11 is 0. The van der Waals surface area contributed by atoms with Crippen molar-refractivity contribution in [3.05, 3.63) is 65.5 Å². The molecule has 0 unspecified atom stereocenters. The van der Waals surface area contributed by atoms with Crippen LogP contribution >= 0.6 is 0 Å². The first-order chi connectivity index (χ1) is 10.2. The van der Waals surface area contributed by atoms with Crippen LogP contribution in [0.1, 0.15) is 23.9 Å². The molecule has 4 nitrogen and oxygen atoms in total. The molecule has 2 aromatic carbocycles. The van der Waals surface area contributed by atoms with Crippen LogP contribution in [-0.2, 0) is 12.8 Å². The normalized spacial score (nSPS) is 10.7. The molecule has 0 bridgehead atoms. The summed E-state index contributed by atoms with van der Waals surface area (Å²) in [7, 11) is 0. The Morgan fingerprint density at radius 1 is 0.952 bits per heavy atom. The molecule has 3 rings (SSSR count). The third-order valence-corrected chi connectivity index (χ3v) is 3.42. The highest BCUT2D eigenvalue weighted by atomic mass is 16.5. The van der Waals surface area contributed by atoms with Crippen LogP contribution in [0.2, 0.25) is 0 Å². The molecule has 0 fully saturated rings. The van der Waals surface area contributed by atoms with E-state index in [1.807, 2.05) is 36.4 Å². The van der Waals surface area contributed by atoms with Gasteiger partial charge in [0.25, 0.3) is 0 Å². The van der Waals surface area contributed by atoms with Gasteiger partial charge in [-0.2, -0.15) is 4.98 Å². The molecule has 4 heteroatoms. The minimum atomic E-state index is 0.606. The van der Waals surface area contributed by atoms with Crippen molar-refractivity contribution in [1.29, 1.82) is 0 Å². The van der Waals surface area contributed by atoms with E-state index >= 15 is 0 Å². The molecule has 1 heterocycles. The fourth-order valence-electron chi connectivity index (χ4n) is 2.14. The van der Waals surface area contributed by atoms with Gasteiger partial charge in [0.05, 0.1) is 6.42 Å². The third-order valence-electron chi connectivity index (χ3n) is 3.42. The molecule has 3 aromatic rings. The Hall–Kier alpha value is -2.62. The maximum atomic E-state index is 5.67. The quantitative estimate of drug-likeness (QED) is 0.743. The van der Waals surface area contributed by atoms with E-state index in [0.717, 1.165) is 23.2 Å². The summed E-state index contributed by atoms with van der Waals surface area (Å²) in [5, 5.41) is 4.04. The van der Waals surface area contributed by atoms with Crippen molar-refractivity contribution in [2.24, 2.45) is 0 Å². The van der Waals surface area contributed by atoms with E-state index in [1.165, 1.54) is 5.56 Å². The second-order valence-corrected chi connectivity index (χ2v) is 4.98. The topological polar surface area (TPSA) is 64.9 Å². The number of hydrogen-bond donors (Lipinski definition) is 1. The van der Waals surface area contributed by atoms with Gasteiger partial charge in [0.1, 0.15) is 0 Å². The molecule has 106 valence electrons. The number of aromatic nitrogens is 2. The van der Waals surface area contributed by atoms with Crippen LogP contribution in [0.3, 0.4) is 0 Å².